The topological polar surface area (TPSA) is 161 Å². The van der Waals surface area contributed by atoms with Gasteiger partial charge in [-0.1, -0.05) is 36.3 Å². The number of H-pyrrole nitrogens is 1. The number of hydrogen-bond donors (Lipinski definition) is 4. The third kappa shape index (κ3) is 6.74. The number of aromatic nitrogens is 2. The van der Waals surface area contributed by atoms with E-state index in [1.165, 1.54) is 31.3 Å². The summed E-state index contributed by atoms with van der Waals surface area (Å²) >= 11 is 4.91. The molecule has 0 amide bonds. The number of carbonyl (C=O) groups excluding carboxylic acids is 1. The molecule has 2 unspecified atom stereocenters. The smallest absolute Gasteiger partial charge is 0.459 e. The second kappa shape index (κ2) is 11.7. The van der Waals surface area contributed by atoms with Crippen molar-refractivity contribution < 1.29 is 38.1 Å². The molecule has 2 heterocycles. The first-order valence-electron chi connectivity index (χ1n) is 11.2. The molecule has 1 aliphatic heterocycles. The van der Waals surface area contributed by atoms with Gasteiger partial charge >= 0.3 is 19.4 Å². The van der Waals surface area contributed by atoms with Crippen LogP contribution in [-0.4, -0.2) is 62.3 Å². The number of benzene rings is 1. The molecule has 1 aliphatic rings. The molecule has 0 aliphatic carbocycles. The number of ether oxygens (including phenoxy) is 2. The number of para-hydroxylation sites is 1. The van der Waals surface area contributed by atoms with Crippen molar-refractivity contribution in [3.8, 4) is 18.1 Å². The fraction of sp³-hybridized carbons (Fsp3) is 0.435. The molecule has 14 heteroatoms. The number of esters is 1. The van der Waals surface area contributed by atoms with Gasteiger partial charge in [-0.15, -0.1) is 6.42 Å². The molecule has 1 saturated heterocycles. The molecule has 200 valence electrons. The SMILES string of the molecule is C#C[C@]1(COP(=O)(N[C@@H](C)C(=O)OC(C)C)Oc2ccccc2)O[C@@H](n2ccc(=S)[nH]c2=O)C(O)[C@H]1O. The van der Waals surface area contributed by atoms with Crippen LogP contribution in [-0.2, 0) is 23.4 Å². The van der Waals surface area contributed by atoms with Crippen LogP contribution in [0.25, 0.3) is 0 Å². The summed E-state index contributed by atoms with van der Waals surface area (Å²) in [6, 6.07) is 8.26. The molecule has 0 spiro atoms. The van der Waals surface area contributed by atoms with Crippen molar-refractivity contribution in [3.63, 3.8) is 0 Å². The van der Waals surface area contributed by atoms with E-state index >= 15 is 0 Å². The van der Waals surface area contributed by atoms with Crippen LogP contribution in [0, 0.1) is 17.0 Å². The van der Waals surface area contributed by atoms with E-state index in [0.29, 0.717) is 0 Å². The number of aliphatic hydroxyl groups excluding tert-OH is 2. The summed E-state index contributed by atoms with van der Waals surface area (Å²) in [4.78, 5) is 27.0. The summed E-state index contributed by atoms with van der Waals surface area (Å²) in [6.07, 6.45) is 1.65. The van der Waals surface area contributed by atoms with E-state index in [9.17, 15) is 24.4 Å². The van der Waals surface area contributed by atoms with E-state index in [2.05, 4.69) is 16.0 Å². The first kappa shape index (κ1) is 28.7. The average molecular weight is 554 g/mol. The highest BCUT2D eigenvalue weighted by Gasteiger charge is 2.55. The Kier molecular flexibility index (Phi) is 9.09. The number of nitrogens with one attached hydrogen (secondary N) is 2. The monoisotopic (exact) mass is 553 g/mol. The number of aromatic amines is 1. The maximum atomic E-state index is 13.7. The highest BCUT2D eigenvalue weighted by Crippen LogP contribution is 2.47. The van der Waals surface area contributed by atoms with Gasteiger partial charge in [0.05, 0.1) is 6.10 Å². The van der Waals surface area contributed by atoms with Gasteiger partial charge in [-0.25, -0.2) is 9.36 Å². The van der Waals surface area contributed by atoms with Crippen LogP contribution < -0.4 is 15.3 Å². The molecule has 0 radical (unpaired) electrons. The normalized spacial score (nSPS) is 25.7. The van der Waals surface area contributed by atoms with Crippen LogP contribution in [0.15, 0.2) is 47.4 Å². The van der Waals surface area contributed by atoms with Crippen LogP contribution in [0.5, 0.6) is 5.75 Å². The summed E-state index contributed by atoms with van der Waals surface area (Å²) < 4.78 is 36.8. The maximum Gasteiger partial charge on any atom is 0.459 e. The second-order valence-corrected chi connectivity index (χ2v) is 10.6. The molecule has 0 bridgehead atoms. The van der Waals surface area contributed by atoms with Gasteiger partial charge in [0.25, 0.3) is 0 Å². The third-order valence-electron chi connectivity index (χ3n) is 5.27. The van der Waals surface area contributed by atoms with Gasteiger partial charge in [0.2, 0.25) is 0 Å². The second-order valence-electron chi connectivity index (χ2n) is 8.51. The number of carbonyl (C=O) groups is 1. The molecule has 37 heavy (non-hydrogen) atoms. The van der Waals surface area contributed by atoms with Crippen LogP contribution in [0.2, 0.25) is 0 Å². The molecule has 1 aromatic carbocycles. The van der Waals surface area contributed by atoms with Gasteiger partial charge in [0.15, 0.2) is 11.8 Å². The lowest BCUT2D eigenvalue weighted by Crippen LogP contribution is -2.46. The van der Waals surface area contributed by atoms with Gasteiger partial charge in [0, 0.05) is 6.20 Å². The molecule has 0 saturated carbocycles. The summed E-state index contributed by atoms with van der Waals surface area (Å²) in [5.41, 5.74) is -2.76. The summed E-state index contributed by atoms with van der Waals surface area (Å²) in [7, 11) is -4.36. The van der Waals surface area contributed by atoms with E-state index in [1.54, 1.807) is 32.0 Å². The number of nitrogens with zero attached hydrogens (tertiary/aromatic N) is 1. The van der Waals surface area contributed by atoms with E-state index in [4.69, 9.17) is 37.2 Å². The molecule has 1 fully saturated rings. The number of rotatable bonds is 10. The lowest BCUT2D eigenvalue weighted by molar-refractivity contribution is -0.149. The Hall–Kier alpha value is -2.82. The van der Waals surface area contributed by atoms with Crippen LogP contribution in [0.1, 0.15) is 27.0 Å². The van der Waals surface area contributed by atoms with Crippen LogP contribution in [0.3, 0.4) is 0 Å². The van der Waals surface area contributed by atoms with Crippen molar-refractivity contribution in [1.29, 1.82) is 0 Å². The first-order chi connectivity index (χ1) is 17.4. The zero-order chi connectivity index (χ0) is 27.4. The Morgan fingerprint density at radius 3 is 2.59 bits per heavy atom. The minimum atomic E-state index is -4.36. The Morgan fingerprint density at radius 1 is 1.32 bits per heavy atom. The van der Waals surface area contributed by atoms with Gasteiger partial charge in [-0.3, -0.25) is 18.9 Å². The minimum Gasteiger partial charge on any atom is -0.462 e. The van der Waals surface area contributed by atoms with Crippen molar-refractivity contribution in [2.45, 2.75) is 57.0 Å². The molecule has 2 aromatic rings. The molecule has 3 rings (SSSR count). The van der Waals surface area contributed by atoms with Crippen molar-refractivity contribution >= 4 is 25.9 Å². The summed E-state index contributed by atoms with van der Waals surface area (Å²) in [5, 5.41) is 23.9. The van der Waals surface area contributed by atoms with Crippen molar-refractivity contribution in [2.75, 3.05) is 6.61 Å². The first-order valence-corrected chi connectivity index (χ1v) is 13.2. The summed E-state index contributed by atoms with van der Waals surface area (Å²) in [6.45, 7) is 3.96. The predicted molar refractivity (Wildman–Crippen MR) is 134 cm³/mol. The van der Waals surface area contributed by atoms with Crippen molar-refractivity contribution in [1.82, 2.24) is 14.6 Å². The average Bonchev–Trinajstić information content (AvgIpc) is 3.08. The van der Waals surface area contributed by atoms with E-state index in [1.807, 2.05) is 0 Å². The lowest BCUT2D eigenvalue weighted by atomic mass is 9.97. The van der Waals surface area contributed by atoms with Crippen LogP contribution >= 0.6 is 20.0 Å². The van der Waals surface area contributed by atoms with E-state index in [-0.39, 0.29) is 10.4 Å². The van der Waals surface area contributed by atoms with Gasteiger partial charge in [-0.05, 0) is 39.0 Å². The Labute approximate surface area is 218 Å². The molecule has 12 nitrogen and oxygen atoms in total. The highest BCUT2D eigenvalue weighted by atomic mass is 32.1. The standard InChI is InChI=1S/C23H28N3O9PS/c1-5-23(19(28)18(27)20(34-23)26-12-11-17(37)24-22(26)30)13-32-36(31,35-16-9-7-6-8-10-16)25-15(4)21(29)33-14(2)3/h1,6-12,14-15,18-20,27-28H,13H2,2-4H3,(H,25,31)(H,24,30,37)/t15-,18?,19+,20+,23+,36?/m0/s1. The Morgan fingerprint density at radius 2 is 2.00 bits per heavy atom. The van der Waals surface area contributed by atoms with Gasteiger partial charge in [-0.2, -0.15) is 5.09 Å². The Bertz CT molecular complexity index is 1310. The largest absolute Gasteiger partial charge is 0.462 e. The maximum absolute atomic E-state index is 13.7. The fourth-order valence-electron chi connectivity index (χ4n) is 3.43. The molecule has 4 N–H and O–H groups in total. The molecular weight excluding hydrogens is 525 g/mol. The zero-order valence-corrected chi connectivity index (χ0v) is 22.0. The number of hydrogen-bond acceptors (Lipinski definition) is 10. The quantitative estimate of drug-likeness (QED) is 0.147. The third-order valence-corrected chi connectivity index (χ3v) is 7.13. The highest BCUT2D eigenvalue weighted by molar-refractivity contribution is 7.71. The zero-order valence-electron chi connectivity index (χ0n) is 20.3. The van der Waals surface area contributed by atoms with Crippen LogP contribution in [0.4, 0.5) is 0 Å². The lowest BCUT2D eigenvalue weighted by Gasteiger charge is -2.29. The van der Waals surface area contributed by atoms with Crippen molar-refractivity contribution in [2.24, 2.45) is 0 Å². The van der Waals surface area contributed by atoms with E-state index in [0.717, 1.165) is 4.57 Å². The molecular formula is C23H28N3O9PS. The number of aliphatic hydroxyl groups is 2. The van der Waals surface area contributed by atoms with E-state index < -0.39 is 62.2 Å². The molecule has 1 aromatic heterocycles. The number of terminal acetylenes is 1. The van der Waals surface area contributed by atoms with Gasteiger partial charge < -0.3 is 24.2 Å². The molecule has 6 atom stereocenters. The fourth-order valence-corrected chi connectivity index (χ4v) is 5.10. The predicted octanol–water partition coefficient (Wildman–Crippen LogP) is 1.66. The van der Waals surface area contributed by atoms with Gasteiger partial charge in [0.1, 0.15) is 35.2 Å². The minimum absolute atomic E-state index is 0.148. The van der Waals surface area contributed by atoms with Crippen molar-refractivity contribution in [3.05, 3.63) is 57.7 Å². The summed E-state index contributed by atoms with van der Waals surface area (Å²) in [5.74, 6) is 1.66. The Balaban J connectivity index is 1.87.